The third-order valence-electron chi connectivity index (χ3n) is 2.45. The van der Waals surface area contributed by atoms with E-state index in [9.17, 15) is 14.4 Å². The molecule has 1 aromatic heterocycles. The smallest absolute Gasteiger partial charge is 0.426 e. The van der Waals surface area contributed by atoms with Crippen LogP contribution in [0.15, 0.2) is 39.8 Å². The van der Waals surface area contributed by atoms with Crippen molar-refractivity contribution in [2.45, 2.75) is 6.54 Å². The Morgan fingerprint density at radius 3 is 2.80 bits per heavy atom. The van der Waals surface area contributed by atoms with Crippen LogP contribution in [0.3, 0.4) is 0 Å². The van der Waals surface area contributed by atoms with E-state index < -0.39 is 17.5 Å². The Labute approximate surface area is 112 Å². The maximum Gasteiger partial charge on any atom is 0.426 e. The molecule has 0 atom stereocenters. The second kappa shape index (κ2) is 5.83. The molecule has 0 fully saturated rings. The van der Waals surface area contributed by atoms with Gasteiger partial charge in [0, 0.05) is 0 Å². The first kappa shape index (κ1) is 13.5. The van der Waals surface area contributed by atoms with Crippen molar-refractivity contribution in [3.63, 3.8) is 0 Å². The van der Waals surface area contributed by atoms with Crippen LogP contribution >= 0.6 is 0 Å². The van der Waals surface area contributed by atoms with E-state index in [-0.39, 0.29) is 12.1 Å². The molecule has 0 aliphatic carbocycles. The molecular weight excluding hydrogens is 266 g/mol. The fourth-order valence-electron chi connectivity index (χ4n) is 1.59. The van der Waals surface area contributed by atoms with Crippen LogP contribution in [0.4, 0.5) is 5.69 Å². The Morgan fingerprint density at radius 1 is 1.40 bits per heavy atom. The Kier molecular flexibility index (Phi) is 3.94. The van der Waals surface area contributed by atoms with Crippen molar-refractivity contribution in [1.29, 1.82) is 0 Å². The topological polar surface area (TPSA) is 105 Å². The quantitative estimate of drug-likeness (QED) is 0.589. The number of hydrogen-bond acceptors (Lipinski definition) is 5. The van der Waals surface area contributed by atoms with Crippen molar-refractivity contribution in [3.05, 3.63) is 46.4 Å². The second-order valence-corrected chi connectivity index (χ2v) is 3.85. The Morgan fingerprint density at radius 2 is 2.15 bits per heavy atom. The molecule has 20 heavy (non-hydrogen) atoms. The van der Waals surface area contributed by atoms with Crippen molar-refractivity contribution < 1.29 is 23.5 Å². The minimum absolute atomic E-state index is 0.152. The lowest BCUT2D eigenvalue weighted by atomic mass is 10.2. The summed E-state index contributed by atoms with van der Waals surface area (Å²) < 4.78 is 10.2. The molecule has 0 radical (unpaired) electrons. The summed E-state index contributed by atoms with van der Waals surface area (Å²) in [5.74, 6) is -0.978. The molecule has 0 unspecified atom stereocenters. The number of methoxy groups -OCH3 is 1. The largest absolute Gasteiger partial charge is 0.465 e. The number of ether oxygens (including phenoxy) is 1. The Balaban J connectivity index is 2.11. The number of nitrogens with one attached hydrogen (secondary N) is 2. The number of para-hydroxylation sites is 1. The van der Waals surface area contributed by atoms with Gasteiger partial charge in [-0.05, 0) is 17.4 Å². The van der Waals surface area contributed by atoms with Crippen molar-refractivity contribution in [3.8, 4) is 0 Å². The molecule has 0 saturated carbocycles. The summed E-state index contributed by atoms with van der Waals surface area (Å²) in [5.41, 5.74) is -0.0161. The average Bonchev–Trinajstić information content (AvgIpc) is 2.83. The number of rotatable bonds is 4. The summed E-state index contributed by atoms with van der Waals surface area (Å²) >= 11 is 0. The maximum absolute atomic E-state index is 11.8. The fraction of sp³-hybridized carbons (Fsp3) is 0.167. The van der Waals surface area contributed by atoms with Gasteiger partial charge in [-0.1, -0.05) is 16.8 Å². The molecule has 8 nitrogen and oxygen atoms in total. The molecule has 8 heteroatoms. The first-order chi connectivity index (χ1) is 9.60. The predicted octanol–water partition coefficient (Wildman–Crippen LogP) is -0.319. The predicted molar refractivity (Wildman–Crippen MR) is 65.9 cm³/mol. The third-order valence-corrected chi connectivity index (χ3v) is 2.45. The monoisotopic (exact) mass is 278 g/mol. The highest BCUT2D eigenvalue weighted by Crippen LogP contribution is 2.15. The van der Waals surface area contributed by atoms with E-state index >= 15 is 0 Å². The molecule has 0 aliphatic heterocycles. The number of carbonyl (C=O) groups excluding carboxylic acids is 2. The lowest BCUT2D eigenvalue weighted by molar-refractivity contribution is -0.750. The van der Waals surface area contributed by atoms with E-state index in [1.54, 1.807) is 18.2 Å². The van der Waals surface area contributed by atoms with E-state index in [1.807, 2.05) is 0 Å². The molecule has 2 aromatic rings. The SMILES string of the molecule is COC(=O)c1ccccc1NC(=O)C[n+]1cc(=O)o[nH]1. The van der Waals surface area contributed by atoms with Crippen LogP contribution in [0.1, 0.15) is 10.4 Å². The number of carbonyl (C=O) groups is 2. The molecular formula is C12H12N3O5+. The van der Waals surface area contributed by atoms with Gasteiger partial charge in [0.25, 0.3) is 18.6 Å². The van der Waals surface area contributed by atoms with Gasteiger partial charge in [0.1, 0.15) is 0 Å². The van der Waals surface area contributed by atoms with Gasteiger partial charge in [-0.25, -0.2) is 9.59 Å². The maximum atomic E-state index is 11.8. The first-order valence-corrected chi connectivity index (χ1v) is 5.65. The highest BCUT2D eigenvalue weighted by molar-refractivity contribution is 6.00. The van der Waals surface area contributed by atoms with Crippen LogP contribution in [-0.4, -0.2) is 24.3 Å². The lowest BCUT2D eigenvalue weighted by Crippen LogP contribution is -2.41. The Bertz CT molecular complexity index is 688. The summed E-state index contributed by atoms with van der Waals surface area (Å²) in [6.07, 6.45) is 1.10. The van der Waals surface area contributed by atoms with E-state index in [4.69, 9.17) is 0 Å². The van der Waals surface area contributed by atoms with Crippen LogP contribution in [0, 0.1) is 0 Å². The second-order valence-electron chi connectivity index (χ2n) is 3.85. The van der Waals surface area contributed by atoms with Gasteiger partial charge in [0.05, 0.1) is 18.4 Å². The summed E-state index contributed by atoms with van der Waals surface area (Å²) in [5, 5.41) is 4.81. The molecule has 2 N–H and O–H groups in total. The summed E-state index contributed by atoms with van der Waals surface area (Å²) in [7, 11) is 1.26. The number of nitrogens with zero attached hydrogens (tertiary/aromatic N) is 1. The van der Waals surface area contributed by atoms with E-state index in [1.165, 1.54) is 17.9 Å². The van der Waals surface area contributed by atoms with Crippen molar-refractivity contribution in [1.82, 2.24) is 5.27 Å². The number of esters is 1. The van der Waals surface area contributed by atoms with Crippen LogP contribution in [0.5, 0.6) is 0 Å². The van der Waals surface area contributed by atoms with Gasteiger partial charge >= 0.3 is 11.6 Å². The number of benzene rings is 1. The number of aromatic nitrogens is 2. The van der Waals surface area contributed by atoms with Gasteiger partial charge in [0.15, 0.2) is 0 Å². The van der Waals surface area contributed by atoms with Crippen molar-refractivity contribution in [2.24, 2.45) is 0 Å². The van der Waals surface area contributed by atoms with Crippen LogP contribution < -0.4 is 15.6 Å². The molecule has 0 spiro atoms. The third kappa shape index (κ3) is 3.10. The van der Waals surface area contributed by atoms with E-state index in [0.29, 0.717) is 5.69 Å². The molecule has 1 aromatic carbocycles. The number of amides is 1. The zero-order chi connectivity index (χ0) is 14.5. The summed E-state index contributed by atoms with van der Waals surface area (Å²) in [6.45, 7) is -0.152. The Hall–Kier alpha value is -2.90. The first-order valence-electron chi connectivity index (χ1n) is 5.65. The van der Waals surface area contributed by atoms with Gasteiger partial charge in [-0.15, -0.1) is 0 Å². The molecule has 0 aliphatic rings. The normalized spacial score (nSPS) is 10.1. The zero-order valence-electron chi connectivity index (χ0n) is 10.6. The highest BCUT2D eigenvalue weighted by atomic mass is 16.5. The lowest BCUT2D eigenvalue weighted by Gasteiger charge is -2.07. The van der Waals surface area contributed by atoms with Gasteiger partial charge in [-0.2, -0.15) is 0 Å². The van der Waals surface area contributed by atoms with E-state index in [0.717, 1.165) is 6.20 Å². The molecule has 104 valence electrons. The molecule has 2 rings (SSSR count). The van der Waals surface area contributed by atoms with Crippen molar-refractivity contribution in [2.75, 3.05) is 12.4 Å². The summed E-state index contributed by atoms with van der Waals surface area (Å²) in [4.78, 5) is 34.1. The van der Waals surface area contributed by atoms with E-state index in [2.05, 4.69) is 19.8 Å². The minimum Gasteiger partial charge on any atom is -0.465 e. The molecule has 1 heterocycles. The molecule has 0 saturated heterocycles. The minimum atomic E-state index is -0.590. The summed E-state index contributed by atoms with van der Waals surface area (Å²) in [6, 6.07) is 6.44. The number of aromatic amines is 1. The fourth-order valence-corrected chi connectivity index (χ4v) is 1.59. The average molecular weight is 278 g/mol. The number of anilines is 1. The standard InChI is InChI=1S/C12H11N3O5/c1-19-12(18)8-4-2-3-5-9(8)13-10(16)6-15-7-11(17)20-14-15/h2-5,7H,6H2,1H3,(H-,13,14,16,17,18)/p+1. The van der Waals surface area contributed by atoms with Crippen LogP contribution in [-0.2, 0) is 16.1 Å². The van der Waals surface area contributed by atoms with Gasteiger partial charge in [-0.3, -0.25) is 9.32 Å². The number of hydrogen-bond donors (Lipinski definition) is 2. The zero-order valence-corrected chi connectivity index (χ0v) is 10.6. The molecule has 0 bridgehead atoms. The number of H-pyrrole nitrogens is 1. The van der Waals surface area contributed by atoms with Crippen LogP contribution in [0.25, 0.3) is 0 Å². The van der Waals surface area contributed by atoms with Gasteiger partial charge < -0.3 is 10.1 Å². The highest BCUT2D eigenvalue weighted by Gasteiger charge is 2.17. The van der Waals surface area contributed by atoms with Gasteiger partial charge in [0.2, 0.25) is 0 Å². The molecule has 1 amide bonds. The van der Waals surface area contributed by atoms with Crippen LogP contribution in [0.2, 0.25) is 0 Å². The van der Waals surface area contributed by atoms with Crippen molar-refractivity contribution >= 4 is 17.6 Å².